The van der Waals surface area contributed by atoms with Gasteiger partial charge in [-0.25, -0.2) is 9.67 Å². The molecule has 0 fully saturated rings. The van der Waals surface area contributed by atoms with Crippen LogP contribution >= 0.6 is 11.3 Å². The molecule has 0 bridgehead atoms. The summed E-state index contributed by atoms with van der Waals surface area (Å²) in [5.41, 5.74) is 5.66. The van der Waals surface area contributed by atoms with Crippen LogP contribution in [-0.4, -0.2) is 44.4 Å². The quantitative estimate of drug-likeness (QED) is 0.470. The van der Waals surface area contributed by atoms with Gasteiger partial charge >= 0.3 is 0 Å². The van der Waals surface area contributed by atoms with E-state index in [4.69, 9.17) is 4.74 Å². The molecular weight excluding hydrogens is 422 g/mol. The molecule has 3 heterocycles. The number of amides is 1. The number of ether oxygens (including phenoxy) is 1. The summed E-state index contributed by atoms with van der Waals surface area (Å²) in [7, 11) is 1.64. The van der Waals surface area contributed by atoms with E-state index in [0.717, 1.165) is 29.2 Å². The Morgan fingerprint density at radius 2 is 1.91 bits per heavy atom. The monoisotopic (exact) mass is 445 g/mol. The van der Waals surface area contributed by atoms with Crippen LogP contribution in [0.1, 0.15) is 32.2 Å². The van der Waals surface area contributed by atoms with Crippen molar-refractivity contribution in [3.05, 3.63) is 75.9 Å². The van der Waals surface area contributed by atoms with Crippen molar-refractivity contribution in [2.75, 3.05) is 13.7 Å². The number of carbonyl (C=O) groups excluding carboxylic acids is 1. The average molecular weight is 446 g/mol. The number of hydrogen-bond donors (Lipinski definition) is 0. The molecule has 0 unspecified atom stereocenters. The van der Waals surface area contributed by atoms with Gasteiger partial charge < -0.3 is 9.64 Å². The standard InChI is InChI=1S/C24H23N5O2S/c1-15-22(24(30)28-12-11-17-7-4-5-8-18(17)14-28)32-23(25-15)21-16(2)29(27-26-21)19-9-6-10-20(13-19)31-3/h4-10,13H,11-12,14H2,1-3H3. The van der Waals surface area contributed by atoms with Gasteiger partial charge in [-0.1, -0.05) is 35.5 Å². The molecule has 0 spiro atoms. The lowest BCUT2D eigenvalue weighted by atomic mass is 10.00. The van der Waals surface area contributed by atoms with Gasteiger partial charge in [-0.2, -0.15) is 0 Å². The zero-order valence-electron chi connectivity index (χ0n) is 18.2. The fourth-order valence-corrected chi connectivity index (χ4v) is 5.09. The second-order valence-electron chi connectivity index (χ2n) is 7.82. The Bertz CT molecular complexity index is 1310. The fourth-order valence-electron chi connectivity index (χ4n) is 4.02. The van der Waals surface area contributed by atoms with Crippen molar-refractivity contribution in [3.8, 4) is 22.1 Å². The van der Waals surface area contributed by atoms with E-state index in [-0.39, 0.29) is 5.91 Å². The molecule has 0 aliphatic carbocycles. The SMILES string of the molecule is COc1cccc(-n2nnc(-c3nc(C)c(C(=O)N4CCc5ccccc5C4)s3)c2C)c1. The summed E-state index contributed by atoms with van der Waals surface area (Å²) in [5.74, 6) is 0.777. The first-order valence-corrected chi connectivity index (χ1v) is 11.3. The number of thiazole rings is 1. The van der Waals surface area contributed by atoms with Crippen LogP contribution in [0.25, 0.3) is 16.4 Å². The van der Waals surface area contributed by atoms with Crippen LogP contribution in [0, 0.1) is 13.8 Å². The number of fused-ring (bicyclic) bond motifs is 1. The maximum absolute atomic E-state index is 13.3. The summed E-state index contributed by atoms with van der Waals surface area (Å²) in [4.78, 5) is 20.5. The van der Waals surface area contributed by atoms with Crippen molar-refractivity contribution in [2.24, 2.45) is 0 Å². The number of carbonyl (C=O) groups is 1. The highest BCUT2D eigenvalue weighted by Gasteiger charge is 2.26. The number of benzene rings is 2. The van der Waals surface area contributed by atoms with Gasteiger partial charge in [-0.15, -0.1) is 16.4 Å². The van der Waals surface area contributed by atoms with Crippen molar-refractivity contribution in [1.29, 1.82) is 0 Å². The predicted molar refractivity (Wildman–Crippen MR) is 123 cm³/mol. The molecule has 7 nitrogen and oxygen atoms in total. The molecule has 5 rings (SSSR count). The van der Waals surface area contributed by atoms with E-state index in [0.29, 0.717) is 28.7 Å². The van der Waals surface area contributed by atoms with Gasteiger partial charge in [-0.3, -0.25) is 4.79 Å². The van der Waals surface area contributed by atoms with Gasteiger partial charge in [0.15, 0.2) is 0 Å². The predicted octanol–water partition coefficient (Wildman–Crippen LogP) is 4.21. The highest BCUT2D eigenvalue weighted by atomic mass is 32.1. The minimum absolute atomic E-state index is 0.0265. The topological polar surface area (TPSA) is 73.1 Å². The third-order valence-electron chi connectivity index (χ3n) is 5.80. The molecule has 0 saturated heterocycles. The molecule has 0 N–H and O–H groups in total. The van der Waals surface area contributed by atoms with E-state index in [1.165, 1.54) is 22.5 Å². The third-order valence-corrected chi connectivity index (χ3v) is 6.96. The van der Waals surface area contributed by atoms with E-state index in [1.54, 1.807) is 11.8 Å². The minimum atomic E-state index is 0.0265. The summed E-state index contributed by atoms with van der Waals surface area (Å²) in [6.07, 6.45) is 0.876. The summed E-state index contributed by atoms with van der Waals surface area (Å²) >= 11 is 1.38. The maximum Gasteiger partial charge on any atom is 0.266 e. The minimum Gasteiger partial charge on any atom is -0.497 e. The van der Waals surface area contributed by atoms with Crippen LogP contribution in [0.5, 0.6) is 5.75 Å². The Morgan fingerprint density at radius 1 is 1.09 bits per heavy atom. The highest BCUT2D eigenvalue weighted by molar-refractivity contribution is 7.17. The Kier molecular flexibility index (Phi) is 5.22. The Labute approximate surface area is 190 Å². The maximum atomic E-state index is 13.3. The molecular formula is C24H23N5O2S. The lowest BCUT2D eigenvalue weighted by molar-refractivity contribution is 0.0738. The first-order valence-electron chi connectivity index (χ1n) is 10.5. The molecule has 8 heteroatoms. The van der Waals surface area contributed by atoms with Gasteiger partial charge in [0.05, 0.1) is 24.2 Å². The van der Waals surface area contributed by atoms with Crippen molar-refractivity contribution in [3.63, 3.8) is 0 Å². The van der Waals surface area contributed by atoms with Crippen LogP contribution in [-0.2, 0) is 13.0 Å². The van der Waals surface area contributed by atoms with Crippen LogP contribution in [0.2, 0.25) is 0 Å². The molecule has 0 radical (unpaired) electrons. The highest BCUT2D eigenvalue weighted by Crippen LogP contribution is 2.31. The van der Waals surface area contributed by atoms with Gasteiger partial charge in [0.25, 0.3) is 5.91 Å². The van der Waals surface area contributed by atoms with Crippen LogP contribution in [0.4, 0.5) is 0 Å². The van der Waals surface area contributed by atoms with Crippen molar-refractivity contribution >= 4 is 17.2 Å². The summed E-state index contributed by atoms with van der Waals surface area (Å²) in [6.45, 7) is 5.18. The lowest BCUT2D eigenvalue weighted by Gasteiger charge is -2.28. The Morgan fingerprint density at radius 3 is 2.72 bits per heavy atom. The molecule has 162 valence electrons. The number of rotatable bonds is 4. The summed E-state index contributed by atoms with van der Waals surface area (Å²) < 4.78 is 7.08. The molecule has 0 saturated carbocycles. The number of aryl methyl sites for hydroxylation is 1. The Hall–Kier alpha value is -3.52. The Balaban J connectivity index is 1.43. The smallest absolute Gasteiger partial charge is 0.266 e. The zero-order valence-corrected chi connectivity index (χ0v) is 19.0. The van der Waals surface area contributed by atoms with Gasteiger partial charge in [0, 0.05) is 19.2 Å². The van der Waals surface area contributed by atoms with E-state index in [9.17, 15) is 4.79 Å². The molecule has 0 atom stereocenters. The lowest BCUT2D eigenvalue weighted by Crippen LogP contribution is -2.35. The van der Waals surface area contributed by atoms with Crippen LogP contribution in [0.15, 0.2) is 48.5 Å². The molecule has 4 aromatic rings. The van der Waals surface area contributed by atoms with Crippen molar-refractivity contribution in [2.45, 2.75) is 26.8 Å². The number of nitrogens with zero attached hydrogens (tertiary/aromatic N) is 5. The molecule has 2 aromatic heterocycles. The van der Waals surface area contributed by atoms with Gasteiger partial charge in [0.2, 0.25) is 0 Å². The second kappa shape index (κ2) is 8.20. The van der Waals surface area contributed by atoms with E-state index < -0.39 is 0 Å². The molecule has 1 aliphatic heterocycles. The van der Waals surface area contributed by atoms with Crippen LogP contribution in [0.3, 0.4) is 0 Å². The molecule has 2 aromatic carbocycles. The van der Waals surface area contributed by atoms with Crippen molar-refractivity contribution < 1.29 is 9.53 Å². The summed E-state index contributed by atoms with van der Waals surface area (Å²) in [5, 5.41) is 9.39. The third kappa shape index (κ3) is 3.56. The first kappa shape index (κ1) is 20.4. The van der Waals surface area contributed by atoms with Gasteiger partial charge in [-0.05, 0) is 43.5 Å². The number of methoxy groups -OCH3 is 1. The zero-order chi connectivity index (χ0) is 22.2. The second-order valence-corrected chi connectivity index (χ2v) is 8.81. The first-order chi connectivity index (χ1) is 15.5. The fraction of sp³-hybridized carbons (Fsp3) is 0.250. The van der Waals surface area contributed by atoms with Crippen LogP contribution < -0.4 is 4.74 Å². The average Bonchev–Trinajstić information content (AvgIpc) is 3.40. The van der Waals surface area contributed by atoms with E-state index in [2.05, 4.69) is 33.5 Å². The largest absolute Gasteiger partial charge is 0.497 e. The molecule has 1 aliphatic rings. The normalized spacial score (nSPS) is 13.2. The van der Waals surface area contributed by atoms with Crippen molar-refractivity contribution in [1.82, 2.24) is 24.9 Å². The summed E-state index contributed by atoms with van der Waals surface area (Å²) in [6, 6.07) is 16.0. The molecule has 32 heavy (non-hydrogen) atoms. The van der Waals surface area contributed by atoms with Gasteiger partial charge in [0.1, 0.15) is 21.3 Å². The molecule has 1 amide bonds. The van der Waals surface area contributed by atoms with E-state index >= 15 is 0 Å². The number of hydrogen-bond acceptors (Lipinski definition) is 6. The van der Waals surface area contributed by atoms with E-state index in [1.807, 2.05) is 49.1 Å². The number of aromatic nitrogens is 4.